The summed E-state index contributed by atoms with van der Waals surface area (Å²) < 4.78 is 15.9. The number of urea groups is 1. The molecule has 148 valence electrons. The Balaban J connectivity index is 1.44. The zero-order valence-corrected chi connectivity index (χ0v) is 16.2. The van der Waals surface area contributed by atoms with Crippen LogP contribution in [0.15, 0.2) is 54.7 Å². The van der Waals surface area contributed by atoms with E-state index in [9.17, 15) is 4.79 Å². The number of hydrogen-bond acceptors (Lipinski definition) is 5. The monoisotopic (exact) mass is 391 g/mol. The second-order valence-corrected chi connectivity index (χ2v) is 5.91. The summed E-state index contributed by atoms with van der Waals surface area (Å²) in [7, 11) is 3.09. The van der Waals surface area contributed by atoms with E-state index in [0.717, 1.165) is 10.9 Å². The first-order chi connectivity index (χ1) is 14.2. The maximum absolute atomic E-state index is 12.0. The van der Waals surface area contributed by atoms with Crippen LogP contribution in [0.1, 0.15) is 0 Å². The normalized spacial score (nSPS) is 9.86. The van der Waals surface area contributed by atoms with Gasteiger partial charge in [-0.05, 0) is 18.2 Å². The first-order valence-corrected chi connectivity index (χ1v) is 8.89. The third kappa shape index (κ3) is 5.78. The van der Waals surface area contributed by atoms with Crippen LogP contribution in [-0.4, -0.2) is 38.4 Å². The average molecular weight is 391 g/mol. The van der Waals surface area contributed by atoms with Crippen molar-refractivity contribution < 1.29 is 19.0 Å². The van der Waals surface area contributed by atoms with Crippen LogP contribution in [0.25, 0.3) is 10.9 Å². The van der Waals surface area contributed by atoms with E-state index in [4.69, 9.17) is 14.2 Å². The number of pyridine rings is 1. The van der Waals surface area contributed by atoms with Crippen LogP contribution in [0.4, 0.5) is 10.5 Å². The topological polar surface area (TPSA) is 81.7 Å². The fraction of sp³-hybridized carbons (Fsp3) is 0.182. The van der Waals surface area contributed by atoms with E-state index in [1.807, 2.05) is 30.3 Å². The molecule has 1 heterocycles. The van der Waals surface area contributed by atoms with Crippen molar-refractivity contribution in [2.75, 3.05) is 32.7 Å². The number of benzene rings is 2. The van der Waals surface area contributed by atoms with Crippen LogP contribution in [-0.2, 0) is 0 Å². The number of carbonyl (C=O) groups is 1. The fourth-order valence-corrected chi connectivity index (χ4v) is 2.55. The maximum Gasteiger partial charge on any atom is 0.319 e. The summed E-state index contributed by atoms with van der Waals surface area (Å²) >= 11 is 0. The predicted octanol–water partition coefficient (Wildman–Crippen LogP) is 3.46. The summed E-state index contributed by atoms with van der Waals surface area (Å²) in [6, 6.07) is 14.3. The summed E-state index contributed by atoms with van der Waals surface area (Å²) in [5.74, 6) is 7.57. The first kappa shape index (κ1) is 19.8. The zero-order valence-electron chi connectivity index (χ0n) is 16.2. The van der Waals surface area contributed by atoms with Gasteiger partial charge in [-0.3, -0.25) is 4.98 Å². The lowest BCUT2D eigenvalue weighted by Crippen LogP contribution is -2.28. The molecule has 7 nitrogen and oxygen atoms in total. The molecular formula is C22H21N3O4. The summed E-state index contributed by atoms with van der Waals surface area (Å²) in [4.78, 5) is 16.3. The van der Waals surface area contributed by atoms with Crippen LogP contribution >= 0.6 is 0 Å². The molecule has 0 unspecified atom stereocenters. The van der Waals surface area contributed by atoms with Gasteiger partial charge in [0.15, 0.2) is 0 Å². The van der Waals surface area contributed by atoms with Gasteiger partial charge in [0, 0.05) is 41.5 Å². The Morgan fingerprint density at radius 2 is 1.79 bits per heavy atom. The van der Waals surface area contributed by atoms with Crippen LogP contribution in [0.2, 0.25) is 0 Å². The van der Waals surface area contributed by atoms with Gasteiger partial charge in [0.05, 0.1) is 26.3 Å². The van der Waals surface area contributed by atoms with E-state index in [-0.39, 0.29) is 19.2 Å². The van der Waals surface area contributed by atoms with E-state index in [2.05, 4.69) is 27.5 Å². The molecule has 0 aliphatic carbocycles. The van der Waals surface area contributed by atoms with E-state index in [0.29, 0.717) is 22.9 Å². The second kappa shape index (κ2) is 9.85. The quantitative estimate of drug-likeness (QED) is 0.629. The number of carbonyl (C=O) groups excluding carboxylic acids is 1. The van der Waals surface area contributed by atoms with Gasteiger partial charge in [-0.2, -0.15) is 0 Å². The molecule has 0 saturated heterocycles. The van der Waals surface area contributed by atoms with Crippen molar-refractivity contribution in [3.63, 3.8) is 0 Å². The van der Waals surface area contributed by atoms with Crippen molar-refractivity contribution in [1.82, 2.24) is 10.3 Å². The fourth-order valence-electron chi connectivity index (χ4n) is 2.55. The smallest absolute Gasteiger partial charge is 0.319 e. The minimum absolute atomic E-state index is 0.190. The lowest BCUT2D eigenvalue weighted by Gasteiger charge is -2.09. The van der Waals surface area contributed by atoms with Crippen molar-refractivity contribution >= 4 is 22.6 Å². The molecule has 2 N–H and O–H groups in total. The molecular weight excluding hydrogens is 370 g/mol. The number of amides is 2. The number of nitrogens with one attached hydrogen (secondary N) is 2. The summed E-state index contributed by atoms with van der Waals surface area (Å²) in [6.45, 7) is 0.407. The van der Waals surface area contributed by atoms with Crippen molar-refractivity contribution in [2.45, 2.75) is 0 Å². The molecule has 0 saturated carbocycles. The van der Waals surface area contributed by atoms with E-state index >= 15 is 0 Å². The molecule has 0 fully saturated rings. The lowest BCUT2D eigenvalue weighted by atomic mass is 10.2. The molecule has 2 aromatic carbocycles. The predicted molar refractivity (Wildman–Crippen MR) is 112 cm³/mol. The molecule has 7 heteroatoms. The molecule has 0 spiro atoms. The molecule has 0 atom stereocenters. The number of aromatic nitrogens is 1. The Morgan fingerprint density at radius 3 is 2.55 bits per heavy atom. The highest BCUT2D eigenvalue weighted by Gasteiger charge is 2.05. The average Bonchev–Trinajstić information content (AvgIpc) is 2.75. The standard InChI is InChI=1S/C22H21N3O4/c1-27-19-12-17(13-20(14-19)28-2)25-22(26)24-9-3-4-11-29-18-8-7-16-6-5-10-23-21(16)15-18/h5-8,10,12-15H,9,11H2,1-2H3,(H2,24,25,26). The molecule has 3 aromatic rings. The molecule has 29 heavy (non-hydrogen) atoms. The number of fused-ring (bicyclic) bond motifs is 1. The Morgan fingerprint density at radius 1 is 1.00 bits per heavy atom. The Hall–Kier alpha value is -3.92. The highest BCUT2D eigenvalue weighted by Crippen LogP contribution is 2.25. The van der Waals surface area contributed by atoms with E-state index in [1.54, 1.807) is 38.6 Å². The van der Waals surface area contributed by atoms with Crippen molar-refractivity contribution in [3.8, 4) is 29.1 Å². The van der Waals surface area contributed by atoms with E-state index < -0.39 is 0 Å². The number of methoxy groups -OCH3 is 2. The second-order valence-electron chi connectivity index (χ2n) is 5.91. The van der Waals surface area contributed by atoms with Gasteiger partial charge in [-0.25, -0.2) is 4.79 Å². The molecule has 0 bridgehead atoms. The van der Waals surface area contributed by atoms with Crippen LogP contribution < -0.4 is 24.8 Å². The molecule has 3 rings (SSSR count). The van der Waals surface area contributed by atoms with Gasteiger partial charge in [0.1, 0.15) is 23.9 Å². The third-order valence-corrected chi connectivity index (χ3v) is 3.96. The summed E-state index contributed by atoms with van der Waals surface area (Å²) in [5, 5.41) is 6.42. The van der Waals surface area contributed by atoms with Crippen molar-refractivity contribution in [1.29, 1.82) is 0 Å². The van der Waals surface area contributed by atoms with Crippen LogP contribution in [0.3, 0.4) is 0 Å². The maximum atomic E-state index is 12.0. The Kier molecular flexibility index (Phi) is 6.74. The van der Waals surface area contributed by atoms with Gasteiger partial charge in [-0.1, -0.05) is 17.9 Å². The molecule has 0 radical (unpaired) electrons. The van der Waals surface area contributed by atoms with Gasteiger partial charge in [0.2, 0.25) is 0 Å². The molecule has 2 amide bonds. The third-order valence-electron chi connectivity index (χ3n) is 3.96. The number of rotatable bonds is 6. The number of hydrogen-bond donors (Lipinski definition) is 2. The zero-order chi connectivity index (χ0) is 20.5. The van der Waals surface area contributed by atoms with Gasteiger partial charge in [-0.15, -0.1) is 0 Å². The van der Waals surface area contributed by atoms with E-state index in [1.165, 1.54) is 0 Å². The van der Waals surface area contributed by atoms with Crippen molar-refractivity contribution in [2.24, 2.45) is 0 Å². The minimum Gasteiger partial charge on any atom is -0.497 e. The minimum atomic E-state index is -0.379. The SMILES string of the molecule is COc1cc(NC(=O)NCC#CCOc2ccc3cccnc3c2)cc(OC)c1. The molecule has 0 aliphatic heterocycles. The number of ether oxygens (including phenoxy) is 3. The Labute approximate surface area is 169 Å². The Bertz CT molecular complexity index is 1030. The van der Waals surface area contributed by atoms with Gasteiger partial charge in [0.25, 0.3) is 0 Å². The molecule has 1 aromatic heterocycles. The summed E-state index contributed by atoms with van der Waals surface area (Å²) in [5.41, 5.74) is 1.42. The van der Waals surface area contributed by atoms with Crippen LogP contribution in [0.5, 0.6) is 17.2 Å². The summed E-state index contributed by atoms with van der Waals surface area (Å²) in [6.07, 6.45) is 1.74. The lowest BCUT2D eigenvalue weighted by molar-refractivity contribution is 0.253. The number of anilines is 1. The van der Waals surface area contributed by atoms with Crippen LogP contribution in [0, 0.1) is 11.8 Å². The van der Waals surface area contributed by atoms with Crippen molar-refractivity contribution in [3.05, 3.63) is 54.7 Å². The van der Waals surface area contributed by atoms with Gasteiger partial charge < -0.3 is 24.8 Å². The van der Waals surface area contributed by atoms with Gasteiger partial charge >= 0.3 is 6.03 Å². The largest absolute Gasteiger partial charge is 0.497 e. The number of nitrogens with zero attached hydrogens (tertiary/aromatic N) is 1. The first-order valence-electron chi connectivity index (χ1n) is 8.89. The highest BCUT2D eigenvalue weighted by molar-refractivity contribution is 5.89. The molecule has 0 aliphatic rings. The highest BCUT2D eigenvalue weighted by atomic mass is 16.5.